The largest absolute Gasteiger partial charge is 1.00 e. The Bertz CT molecular complexity index is 1570. The van der Waals surface area contributed by atoms with Crippen molar-refractivity contribution in [3.63, 3.8) is 0 Å². The van der Waals surface area contributed by atoms with Crippen LogP contribution < -0.4 is 52.8 Å². The minimum absolute atomic E-state index is 0. The molecular weight excluding hydrogens is 771 g/mol. The fourth-order valence-corrected chi connectivity index (χ4v) is 13.9. The molecule has 0 atom stereocenters. The molecule has 0 unspecified atom stereocenters. The number of halogens is 3. The quantitative estimate of drug-likeness (QED) is 0.274. The van der Waals surface area contributed by atoms with Crippen LogP contribution in [0.3, 0.4) is 0 Å². The van der Waals surface area contributed by atoms with E-state index in [-0.39, 0.29) is 69.7 Å². The fraction of sp³-hybridized carbons (Fsp3) is 0.551. The number of allylic oxidation sites excluding steroid dienone is 4. The summed E-state index contributed by atoms with van der Waals surface area (Å²) in [4.78, 5) is 0. The molecule has 0 heterocycles. The minimum atomic E-state index is -2.95. The van der Waals surface area contributed by atoms with Gasteiger partial charge in [-0.2, -0.15) is 0 Å². The van der Waals surface area contributed by atoms with Crippen molar-refractivity contribution in [1.29, 1.82) is 0 Å². The van der Waals surface area contributed by atoms with Gasteiger partial charge in [0.05, 0.1) is 0 Å². The number of hydrogen-bond donors (Lipinski definition) is 0. The molecule has 0 saturated carbocycles. The van der Waals surface area contributed by atoms with E-state index in [1.54, 1.807) is 26.3 Å². The molecule has 0 N–H and O–H groups in total. The zero-order valence-electron chi connectivity index (χ0n) is 37.3. The van der Waals surface area contributed by atoms with Gasteiger partial charge in [0, 0.05) is 0 Å². The maximum absolute atomic E-state index is 2.95. The molecule has 3 aromatic carbocycles. The van der Waals surface area contributed by atoms with Crippen LogP contribution >= 0.6 is 0 Å². The van der Waals surface area contributed by atoms with Crippen LogP contribution in [-0.2, 0) is 52.9 Å². The zero-order valence-corrected chi connectivity index (χ0v) is 42.2. The van der Waals surface area contributed by atoms with Gasteiger partial charge in [0.1, 0.15) is 0 Å². The average molecular weight is 842 g/mol. The van der Waals surface area contributed by atoms with Gasteiger partial charge >= 0.3 is 330 Å². The van der Waals surface area contributed by atoms with Gasteiger partial charge in [-0.25, -0.2) is 0 Å². The van der Waals surface area contributed by atoms with Crippen molar-refractivity contribution in [3.05, 3.63) is 109 Å². The van der Waals surface area contributed by atoms with Crippen molar-refractivity contribution in [2.24, 2.45) is 0 Å². The first kappa shape index (κ1) is 51.0. The van der Waals surface area contributed by atoms with E-state index in [0.717, 1.165) is 12.8 Å². The smallest absolute Gasteiger partial charge is 1.00 e. The van der Waals surface area contributed by atoms with Gasteiger partial charge in [-0.3, -0.25) is 0 Å². The molecule has 0 bridgehead atoms. The third-order valence-electron chi connectivity index (χ3n) is 11.3. The van der Waals surface area contributed by atoms with Gasteiger partial charge in [0.25, 0.3) is 0 Å². The van der Waals surface area contributed by atoms with Gasteiger partial charge in [0.2, 0.25) is 0 Å². The van der Waals surface area contributed by atoms with Gasteiger partial charge < -0.3 is 37.2 Å². The van der Waals surface area contributed by atoms with Crippen molar-refractivity contribution in [1.82, 2.24) is 0 Å². The normalized spacial score (nSPS) is 14.6. The Labute approximate surface area is 364 Å². The molecule has 0 aliphatic heterocycles. The Morgan fingerprint density at radius 2 is 0.648 bits per heavy atom. The third kappa shape index (κ3) is 10.5. The van der Waals surface area contributed by atoms with Crippen LogP contribution in [0.25, 0.3) is 0 Å². The molecular formula is C49H71Cl3SiTi. The first-order valence-corrected chi connectivity index (χ1v) is 22.3. The molecule has 0 aromatic heterocycles. The van der Waals surface area contributed by atoms with E-state index in [9.17, 15) is 0 Å². The molecule has 3 aromatic rings. The molecule has 0 nitrogen and oxygen atoms in total. The third-order valence-corrected chi connectivity index (χ3v) is 17.0. The Kier molecular flexibility index (Phi) is 16.1. The second-order valence-electron chi connectivity index (χ2n) is 21.8. The van der Waals surface area contributed by atoms with Crippen LogP contribution in [-0.4, -0.2) is 8.07 Å². The second kappa shape index (κ2) is 17.0. The zero-order chi connectivity index (χ0) is 38.9. The molecule has 4 rings (SSSR count). The molecule has 0 saturated heterocycles. The van der Waals surface area contributed by atoms with Crippen LogP contribution in [0, 0.1) is 0 Å². The summed E-state index contributed by atoms with van der Waals surface area (Å²) in [7, 11) is -2.95. The molecule has 296 valence electrons. The molecule has 1 aliphatic rings. The van der Waals surface area contributed by atoms with E-state index < -0.39 is 8.07 Å². The topological polar surface area (TPSA) is 0 Å². The van der Waals surface area contributed by atoms with Gasteiger partial charge in [-0.05, 0) is 0 Å². The fourth-order valence-electron chi connectivity index (χ4n) is 7.55. The van der Waals surface area contributed by atoms with Crippen LogP contribution in [0.1, 0.15) is 178 Å². The van der Waals surface area contributed by atoms with Crippen molar-refractivity contribution >= 4 is 23.6 Å². The number of hydrogen-bond acceptors (Lipinski definition) is 0. The van der Waals surface area contributed by atoms with Crippen molar-refractivity contribution in [2.75, 3.05) is 0 Å². The summed E-state index contributed by atoms with van der Waals surface area (Å²) in [5.74, 6) is 0. The Morgan fingerprint density at radius 1 is 0.426 bits per heavy atom. The number of benzene rings is 3. The summed E-state index contributed by atoms with van der Waals surface area (Å²) in [6.45, 7) is 45.6. The first-order chi connectivity index (χ1) is 22.9. The standard InChI is InChI=1S/C49H71Si.3ClH.Ti/c1-20-33-22-21-23-43(33)50(40-27-34(44(2,3)4)24-35(28-40)45(5,6)7,41-29-36(46(8,9)10)25-37(30-41)47(11,12)13)42-31-38(48(14,15)16)26-39(32-42)49(17,18)19;;;;/h21,24-32H,20,23H2,1-19H3;3*1H;/q;;;;+3/p-3. The molecule has 5 heteroatoms. The summed E-state index contributed by atoms with van der Waals surface area (Å²) in [6, 6.07) is 23.5. The van der Waals surface area contributed by atoms with Crippen LogP contribution in [0.4, 0.5) is 0 Å². The summed E-state index contributed by atoms with van der Waals surface area (Å²) in [5.41, 5.74) is 10.3. The average Bonchev–Trinajstić information content (AvgIpc) is 3.34. The van der Waals surface area contributed by atoms with Gasteiger partial charge in [-0.1, -0.05) is 0 Å². The first-order valence-electron chi connectivity index (χ1n) is 19.6. The van der Waals surface area contributed by atoms with Crippen molar-refractivity contribution in [3.8, 4) is 0 Å². The van der Waals surface area contributed by atoms with E-state index >= 15 is 0 Å². The van der Waals surface area contributed by atoms with Crippen LogP contribution in [0.2, 0.25) is 0 Å². The second-order valence-corrected chi connectivity index (χ2v) is 26.5. The number of rotatable bonds is 5. The molecule has 0 radical (unpaired) electrons. The maximum Gasteiger partial charge on any atom is -1.00 e. The summed E-state index contributed by atoms with van der Waals surface area (Å²) >= 11 is 2.37. The van der Waals surface area contributed by atoms with Crippen LogP contribution in [0.5, 0.6) is 0 Å². The molecule has 0 spiro atoms. The van der Waals surface area contributed by atoms with E-state index in [0.29, 0.717) is 0 Å². The minimum Gasteiger partial charge on any atom is -1.00 e. The molecule has 0 fully saturated rings. The Hall–Kier alpha value is -1.06. The molecule has 1 aliphatic carbocycles. The summed E-state index contributed by atoms with van der Waals surface area (Å²) < 4.78 is 1.47. The van der Waals surface area contributed by atoms with Crippen LogP contribution in [0.15, 0.2) is 75.3 Å². The Balaban J connectivity index is 0.00000486. The summed E-state index contributed by atoms with van der Waals surface area (Å²) in [5, 5.41) is 6.31. The predicted octanol–water partition coefficient (Wildman–Crippen LogP) is 3.03. The van der Waals surface area contributed by atoms with E-state index in [4.69, 9.17) is 0 Å². The monoisotopic (exact) mass is 840 g/mol. The Morgan fingerprint density at radius 3 is 0.833 bits per heavy atom. The molecule has 0 amide bonds. The van der Waals surface area contributed by atoms with E-state index in [2.05, 4.69) is 213 Å². The van der Waals surface area contributed by atoms with Crippen molar-refractivity contribution < 1.29 is 57.7 Å². The maximum atomic E-state index is 2.66. The van der Waals surface area contributed by atoms with Crippen molar-refractivity contribution in [2.45, 2.75) is 177 Å². The van der Waals surface area contributed by atoms with E-state index in [1.807, 2.05) is 0 Å². The van der Waals surface area contributed by atoms with Gasteiger partial charge in [-0.15, -0.1) is 0 Å². The predicted molar refractivity (Wildman–Crippen MR) is 226 cm³/mol. The van der Waals surface area contributed by atoms with E-state index in [1.165, 1.54) is 37.3 Å². The molecule has 54 heavy (non-hydrogen) atoms. The summed E-state index contributed by atoms with van der Waals surface area (Å²) in [6.07, 6.45) is 4.61. The SMILES string of the molecule is CCC1=C([Si](c2cc(C(C)(C)C)cc(C(C)(C)C)c2)(c2cc(C(C)(C)C)cc(C(C)(C)C)c2)c2cc(C(C)(C)C)cc(C(C)(C)C)c2)CC=[C]1[Ti+3].[Cl-].[Cl-].[Cl-]. The van der Waals surface area contributed by atoms with Gasteiger partial charge in [0.15, 0.2) is 0 Å².